The van der Waals surface area contributed by atoms with Crippen LogP contribution in [-0.2, 0) is 13.1 Å². The molecule has 0 atom stereocenters. The van der Waals surface area contributed by atoms with Crippen LogP contribution in [0.25, 0.3) is 0 Å². The molecule has 0 aliphatic rings. The maximum atomic E-state index is 12.0. The number of carbonyl (C=O) groups excluding carboxylic acids is 1. The topological polar surface area (TPSA) is 46.9 Å². The Morgan fingerprint density at radius 2 is 1.73 bits per heavy atom. The van der Waals surface area contributed by atoms with Gasteiger partial charge in [0.1, 0.15) is 0 Å². The van der Waals surface area contributed by atoms with Crippen LogP contribution < -0.4 is 5.32 Å². The zero-order valence-corrected chi connectivity index (χ0v) is 12.1. The van der Waals surface area contributed by atoms with Gasteiger partial charge < -0.3 is 9.88 Å². The molecule has 1 aromatic heterocycles. The van der Waals surface area contributed by atoms with Crippen LogP contribution >= 0.6 is 0 Å². The molecule has 0 aliphatic carbocycles. The first-order valence-corrected chi connectivity index (χ1v) is 7.18. The van der Waals surface area contributed by atoms with E-state index in [4.69, 9.17) is 0 Å². The van der Waals surface area contributed by atoms with E-state index in [0.29, 0.717) is 12.1 Å². The second-order valence-corrected chi connectivity index (χ2v) is 5.10. The standard InChI is InChI=1S/C18H17N3O/c22-18(17-4-2-1-3-5-17)20-12-15-6-8-16(9-7-15)13-21-11-10-19-14-21/h1-11,14H,12-13H2,(H,20,22). The van der Waals surface area contributed by atoms with E-state index in [-0.39, 0.29) is 5.91 Å². The van der Waals surface area contributed by atoms with Gasteiger partial charge >= 0.3 is 0 Å². The number of hydrogen-bond acceptors (Lipinski definition) is 2. The summed E-state index contributed by atoms with van der Waals surface area (Å²) in [7, 11) is 0. The first kappa shape index (κ1) is 14.1. The van der Waals surface area contributed by atoms with Crippen molar-refractivity contribution < 1.29 is 4.79 Å². The van der Waals surface area contributed by atoms with Crippen LogP contribution in [0, 0.1) is 0 Å². The van der Waals surface area contributed by atoms with E-state index in [0.717, 1.165) is 12.1 Å². The van der Waals surface area contributed by atoms with Gasteiger partial charge in [0, 0.05) is 31.0 Å². The Hall–Kier alpha value is -2.88. The SMILES string of the molecule is O=C(NCc1ccc(Cn2ccnc2)cc1)c1ccccc1. The van der Waals surface area contributed by atoms with Gasteiger partial charge in [-0.2, -0.15) is 0 Å². The van der Waals surface area contributed by atoms with E-state index in [9.17, 15) is 4.79 Å². The second kappa shape index (κ2) is 6.72. The van der Waals surface area contributed by atoms with Crippen molar-refractivity contribution in [2.45, 2.75) is 13.1 Å². The van der Waals surface area contributed by atoms with Crippen LogP contribution in [0.5, 0.6) is 0 Å². The molecule has 0 unspecified atom stereocenters. The molecule has 0 spiro atoms. The van der Waals surface area contributed by atoms with Crippen molar-refractivity contribution in [1.82, 2.24) is 14.9 Å². The Kier molecular flexibility index (Phi) is 4.30. The number of imidazole rings is 1. The van der Waals surface area contributed by atoms with Gasteiger partial charge in [-0.15, -0.1) is 0 Å². The molecule has 22 heavy (non-hydrogen) atoms. The summed E-state index contributed by atoms with van der Waals surface area (Å²) in [5.41, 5.74) is 2.97. The van der Waals surface area contributed by atoms with Gasteiger partial charge in [0.25, 0.3) is 5.91 Å². The third kappa shape index (κ3) is 3.61. The zero-order chi connectivity index (χ0) is 15.2. The van der Waals surface area contributed by atoms with Crippen LogP contribution in [0.15, 0.2) is 73.3 Å². The van der Waals surface area contributed by atoms with Gasteiger partial charge in [-0.05, 0) is 23.3 Å². The fraction of sp³-hybridized carbons (Fsp3) is 0.111. The largest absolute Gasteiger partial charge is 0.348 e. The molecule has 4 heteroatoms. The molecule has 2 aromatic carbocycles. The summed E-state index contributed by atoms with van der Waals surface area (Å²) in [4.78, 5) is 16.0. The van der Waals surface area contributed by atoms with Crippen LogP contribution in [0.2, 0.25) is 0 Å². The number of benzene rings is 2. The maximum Gasteiger partial charge on any atom is 0.251 e. The molecule has 3 rings (SSSR count). The predicted molar refractivity (Wildman–Crippen MR) is 85.4 cm³/mol. The third-order valence-electron chi connectivity index (χ3n) is 3.44. The van der Waals surface area contributed by atoms with Crippen molar-refractivity contribution in [3.05, 3.63) is 90.0 Å². The number of aromatic nitrogens is 2. The van der Waals surface area contributed by atoms with Crippen molar-refractivity contribution >= 4 is 5.91 Å². The molecule has 0 saturated carbocycles. The zero-order valence-electron chi connectivity index (χ0n) is 12.1. The van der Waals surface area contributed by atoms with E-state index < -0.39 is 0 Å². The van der Waals surface area contributed by atoms with Crippen LogP contribution in [0.1, 0.15) is 21.5 Å². The maximum absolute atomic E-state index is 12.0. The molecule has 1 N–H and O–H groups in total. The Labute approximate surface area is 129 Å². The van der Waals surface area contributed by atoms with Crippen molar-refractivity contribution in [1.29, 1.82) is 0 Å². The minimum atomic E-state index is -0.0527. The lowest BCUT2D eigenvalue weighted by molar-refractivity contribution is 0.0951. The normalized spacial score (nSPS) is 10.4. The van der Waals surface area contributed by atoms with E-state index in [1.165, 1.54) is 5.56 Å². The molecule has 0 radical (unpaired) electrons. The summed E-state index contributed by atoms with van der Waals surface area (Å²) < 4.78 is 2.02. The summed E-state index contributed by atoms with van der Waals surface area (Å²) in [6, 6.07) is 17.5. The van der Waals surface area contributed by atoms with Gasteiger partial charge in [-0.1, -0.05) is 42.5 Å². The summed E-state index contributed by atoms with van der Waals surface area (Å²) in [5, 5.41) is 2.93. The highest BCUT2D eigenvalue weighted by Crippen LogP contribution is 2.07. The smallest absolute Gasteiger partial charge is 0.251 e. The van der Waals surface area contributed by atoms with Gasteiger partial charge in [0.2, 0.25) is 0 Å². The predicted octanol–water partition coefficient (Wildman–Crippen LogP) is 2.86. The third-order valence-corrected chi connectivity index (χ3v) is 3.44. The summed E-state index contributed by atoms with van der Waals surface area (Å²) in [6.45, 7) is 1.33. The lowest BCUT2D eigenvalue weighted by Gasteiger charge is -2.07. The Morgan fingerprint density at radius 1 is 1.00 bits per heavy atom. The van der Waals surface area contributed by atoms with Crippen LogP contribution in [0.4, 0.5) is 0 Å². The van der Waals surface area contributed by atoms with Gasteiger partial charge in [-0.25, -0.2) is 4.98 Å². The number of amides is 1. The van der Waals surface area contributed by atoms with Gasteiger partial charge in [-0.3, -0.25) is 4.79 Å². The molecule has 1 amide bonds. The van der Waals surface area contributed by atoms with Gasteiger partial charge in [0.15, 0.2) is 0 Å². The molecule has 0 fully saturated rings. The minimum absolute atomic E-state index is 0.0527. The average molecular weight is 291 g/mol. The molecule has 0 saturated heterocycles. The number of carbonyl (C=O) groups is 1. The lowest BCUT2D eigenvalue weighted by atomic mass is 10.1. The molecular formula is C18H17N3O. The Balaban J connectivity index is 1.56. The van der Waals surface area contributed by atoms with Gasteiger partial charge in [0.05, 0.1) is 6.33 Å². The molecule has 3 aromatic rings. The monoisotopic (exact) mass is 291 g/mol. The molecule has 1 heterocycles. The number of rotatable bonds is 5. The van der Waals surface area contributed by atoms with Crippen molar-refractivity contribution in [3.63, 3.8) is 0 Å². The highest BCUT2D eigenvalue weighted by Gasteiger charge is 2.04. The molecular weight excluding hydrogens is 274 g/mol. The molecule has 110 valence electrons. The highest BCUT2D eigenvalue weighted by molar-refractivity contribution is 5.94. The van der Waals surface area contributed by atoms with Crippen LogP contribution in [-0.4, -0.2) is 15.5 Å². The van der Waals surface area contributed by atoms with Crippen LogP contribution in [0.3, 0.4) is 0 Å². The number of nitrogens with one attached hydrogen (secondary N) is 1. The van der Waals surface area contributed by atoms with E-state index in [1.54, 1.807) is 12.5 Å². The fourth-order valence-corrected chi connectivity index (χ4v) is 2.23. The summed E-state index contributed by atoms with van der Waals surface area (Å²) in [5.74, 6) is -0.0527. The lowest BCUT2D eigenvalue weighted by Crippen LogP contribution is -2.22. The van der Waals surface area contributed by atoms with E-state index in [1.807, 2.05) is 53.2 Å². The summed E-state index contributed by atoms with van der Waals surface area (Å²) in [6.07, 6.45) is 5.51. The average Bonchev–Trinajstić information content (AvgIpc) is 3.08. The number of nitrogens with zero attached hydrogens (tertiary/aromatic N) is 2. The highest BCUT2D eigenvalue weighted by atomic mass is 16.1. The molecule has 4 nitrogen and oxygen atoms in total. The minimum Gasteiger partial charge on any atom is -0.348 e. The first-order valence-electron chi connectivity index (χ1n) is 7.18. The second-order valence-electron chi connectivity index (χ2n) is 5.10. The van der Waals surface area contributed by atoms with E-state index in [2.05, 4.69) is 22.4 Å². The molecule has 0 bridgehead atoms. The number of hydrogen-bond donors (Lipinski definition) is 1. The van der Waals surface area contributed by atoms with Crippen molar-refractivity contribution in [3.8, 4) is 0 Å². The first-order chi connectivity index (χ1) is 10.8. The summed E-state index contributed by atoms with van der Waals surface area (Å²) >= 11 is 0. The van der Waals surface area contributed by atoms with Crippen molar-refractivity contribution in [2.24, 2.45) is 0 Å². The Bertz CT molecular complexity index is 719. The van der Waals surface area contributed by atoms with Crippen molar-refractivity contribution in [2.75, 3.05) is 0 Å². The Morgan fingerprint density at radius 3 is 2.41 bits per heavy atom. The quantitative estimate of drug-likeness (QED) is 0.785. The fourth-order valence-electron chi connectivity index (χ4n) is 2.23. The van der Waals surface area contributed by atoms with E-state index >= 15 is 0 Å². The molecule has 0 aliphatic heterocycles.